The molecule has 0 fully saturated rings. The van der Waals surface area contributed by atoms with Gasteiger partial charge in [0.25, 0.3) is 0 Å². The lowest BCUT2D eigenvalue weighted by Crippen LogP contribution is -1.99. The Kier molecular flexibility index (Phi) is 2.61. The van der Waals surface area contributed by atoms with Gasteiger partial charge in [-0.3, -0.25) is 4.79 Å². The standard InChI is InChI=1S/C10H6BrClO2/c11-5-9(13)7-1-2-8(12)6-3-4-14-10(6)7/h1-4H,5H2. The lowest BCUT2D eigenvalue weighted by atomic mass is 10.1. The third kappa shape index (κ3) is 1.47. The normalized spacial score (nSPS) is 10.7. The Morgan fingerprint density at radius 3 is 2.93 bits per heavy atom. The molecule has 0 aliphatic heterocycles. The smallest absolute Gasteiger partial charge is 0.177 e. The van der Waals surface area contributed by atoms with Gasteiger partial charge in [-0.15, -0.1) is 0 Å². The van der Waals surface area contributed by atoms with Crippen molar-refractivity contribution in [2.75, 3.05) is 5.33 Å². The van der Waals surface area contributed by atoms with Gasteiger partial charge in [-0.2, -0.15) is 0 Å². The van der Waals surface area contributed by atoms with Crippen molar-refractivity contribution in [1.29, 1.82) is 0 Å². The van der Waals surface area contributed by atoms with Crippen LogP contribution in [0.1, 0.15) is 10.4 Å². The molecule has 0 N–H and O–H groups in total. The van der Waals surface area contributed by atoms with E-state index in [0.717, 1.165) is 5.39 Å². The second-order valence-corrected chi connectivity index (χ2v) is 3.78. The van der Waals surface area contributed by atoms with E-state index in [1.165, 1.54) is 6.26 Å². The summed E-state index contributed by atoms with van der Waals surface area (Å²) in [5, 5.41) is 1.66. The Morgan fingerprint density at radius 1 is 1.43 bits per heavy atom. The van der Waals surface area contributed by atoms with Crippen LogP contribution < -0.4 is 0 Å². The van der Waals surface area contributed by atoms with Crippen molar-refractivity contribution in [3.8, 4) is 0 Å². The Balaban J connectivity index is 2.72. The number of halogens is 2. The summed E-state index contributed by atoms with van der Waals surface area (Å²) in [6.45, 7) is 0. The van der Waals surface area contributed by atoms with Gasteiger partial charge < -0.3 is 4.42 Å². The molecule has 0 aliphatic carbocycles. The molecule has 0 aliphatic rings. The molecule has 1 aromatic carbocycles. The summed E-state index contributed by atoms with van der Waals surface area (Å²) in [5.74, 6) is -0.0124. The first-order valence-corrected chi connectivity index (χ1v) is 5.49. The first-order chi connectivity index (χ1) is 6.74. The summed E-state index contributed by atoms with van der Waals surface area (Å²) in [5.41, 5.74) is 1.12. The van der Waals surface area contributed by atoms with Crippen molar-refractivity contribution < 1.29 is 9.21 Å². The molecule has 0 atom stereocenters. The van der Waals surface area contributed by atoms with E-state index in [1.54, 1.807) is 18.2 Å². The molecule has 0 radical (unpaired) electrons. The number of Topliss-reactive ketones (excluding diaryl/α,β-unsaturated/α-hetero) is 1. The largest absolute Gasteiger partial charge is 0.464 e. The zero-order valence-corrected chi connectivity index (χ0v) is 9.43. The molecule has 0 unspecified atom stereocenters. The van der Waals surface area contributed by atoms with Crippen LogP contribution in [-0.2, 0) is 0 Å². The fourth-order valence-electron chi connectivity index (χ4n) is 1.32. The SMILES string of the molecule is O=C(CBr)c1ccc(Cl)c2ccoc12. The van der Waals surface area contributed by atoms with Crippen molar-refractivity contribution in [3.63, 3.8) is 0 Å². The van der Waals surface area contributed by atoms with Crippen LogP contribution in [0.2, 0.25) is 5.02 Å². The van der Waals surface area contributed by atoms with Gasteiger partial charge in [0.2, 0.25) is 0 Å². The number of alkyl halides is 1. The van der Waals surface area contributed by atoms with Crippen LogP contribution in [0.15, 0.2) is 28.9 Å². The zero-order chi connectivity index (χ0) is 10.1. The van der Waals surface area contributed by atoms with E-state index < -0.39 is 0 Å². The van der Waals surface area contributed by atoms with Crippen molar-refractivity contribution in [3.05, 3.63) is 35.0 Å². The molecule has 1 aromatic heterocycles. The van der Waals surface area contributed by atoms with Gasteiger partial charge in [0.1, 0.15) is 5.58 Å². The number of ketones is 1. The predicted molar refractivity (Wildman–Crippen MR) is 59.3 cm³/mol. The highest BCUT2D eigenvalue weighted by atomic mass is 79.9. The molecule has 72 valence electrons. The van der Waals surface area contributed by atoms with E-state index in [1.807, 2.05) is 0 Å². The quantitative estimate of drug-likeness (QED) is 0.617. The fourth-order valence-corrected chi connectivity index (χ4v) is 1.83. The molecule has 4 heteroatoms. The van der Waals surface area contributed by atoms with Gasteiger partial charge in [-0.1, -0.05) is 27.5 Å². The molecule has 1 heterocycles. The zero-order valence-electron chi connectivity index (χ0n) is 7.09. The van der Waals surface area contributed by atoms with Crippen LogP contribution >= 0.6 is 27.5 Å². The minimum absolute atomic E-state index is 0.0124. The number of furan rings is 1. The molecule has 2 nitrogen and oxygen atoms in total. The molecular formula is C10H6BrClO2. The van der Waals surface area contributed by atoms with Crippen molar-refractivity contribution >= 4 is 44.3 Å². The van der Waals surface area contributed by atoms with Gasteiger partial charge in [0.15, 0.2) is 5.78 Å². The maximum atomic E-state index is 11.5. The van der Waals surface area contributed by atoms with Gasteiger partial charge in [-0.25, -0.2) is 0 Å². The van der Waals surface area contributed by atoms with E-state index in [4.69, 9.17) is 16.0 Å². The van der Waals surface area contributed by atoms with Crippen LogP contribution in [-0.4, -0.2) is 11.1 Å². The average Bonchev–Trinajstić information content (AvgIpc) is 2.67. The van der Waals surface area contributed by atoms with Crippen LogP contribution in [0, 0.1) is 0 Å². The minimum atomic E-state index is -0.0124. The Morgan fingerprint density at radius 2 is 2.21 bits per heavy atom. The molecule has 0 amide bonds. The van der Waals surface area contributed by atoms with E-state index in [-0.39, 0.29) is 11.1 Å². The summed E-state index contributed by atoms with van der Waals surface area (Å²) in [4.78, 5) is 11.5. The van der Waals surface area contributed by atoms with Crippen molar-refractivity contribution in [2.45, 2.75) is 0 Å². The highest BCUT2D eigenvalue weighted by Gasteiger charge is 2.12. The summed E-state index contributed by atoms with van der Waals surface area (Å²) >= 11 is 9.06. The Bertz CT molecular complexity index is 490. The lowest BCUT2D eigenvalue weighted by molar-refractivity contribution is 0.102. The molecule has 2 rings (SSSR count). The number of rotatable bonds is 2. The van der Waals surface area contributed by atoms with Crippen LogP contribution in [0.3, 0.4) is 0 Å². The molecule has 0 bridgehead atoms. The number of hydrogen-bond acceptors (Lipinski definition) is 2. The fraction of sp³-hybridized carbons (Fsp3) is 0.100. The second kappa shape index (κ2) is 3.75. The topological polar surface area (TPSA) is 30.2 Å². The van der Waals surface area contributed by atoms with E-state index >= 15 is 0 Å². The third-order valence-electron chi connectivity index (χ3n) is 1.99. The maximum absolute atomic E-state index is 11.5. The van der Waals surface area contributed by atoms with Crippen molar-refractivity contribution in [1.82, 2.24) is 0 Å². The maximum Gasteiger partial charge on any atom is 0.177 e. The van der Waals surface area contributed by atoms with Gasteiger partial charge >= 0.3 is 0 Å². The third-order valence-corrected chi connectivity index (χ3v) is 2.82. The van der Waals surface area contributed by atoms with Crippen LogP contribution in [0.25, 0.3) is 11.0 Å². The molecule has 2 aromatic rings. The van der Waals surface area contributed by atoms with Gasteiger partial charge in [0.05, 0.1) is 22.2 Å². The van der Waals surface area contributed by atoms with Gasteiger partial charge in [-0.05, 0) is 18.2 Å². The molecule has 0 saturated heterocycles. The monoisotopic (exact) mass is 272 g/mol. The van der Waals surface area contributed by atoms with Crippen molar-refractivity contribution in [2.24, 2.45) is 0 Å². The number of fused-ring (bicyclic) bond motifs is 1. The minimum Gasteiger partial charge on any atom is -0.464 e. The molecule has 0 spiro atoms. The number of carbonyl (C=O) groups excluding carboxylic acids is 1. The van der Waals surface area contributed by atoms with Crippen LogP contribution in [0.5, 0.6) is 0 Å². The number of benzene rings is 1. The summed E-state index contributed by atoms with van der Waals surface area (Å²) in [6.07, 6.45) is 1.53. The highest BCUT2D eigenvalue weighted by Crippen LogP contribution is 2.27. The Hall–Kier alpha value is -0.800. The van der Waals surface area contributed by atoms with Gasteiger partial charge in [0, 0.05) is 5.39 Å². The number of hydrogen-bond donors (Lipinski definition) is 0. The number of carbonyl (C=O) groups is 1. The summed E-state index contributed by atoms with van der Waals surface area (Å²) in [6, 6.07) is 5.13. The molecule has 0 saturated carbocycles. The van der Waals surface area contributed by atoms with E-state index in [9.17, 15) is 4.79 Å². The summed E-state index contributed by atoms with van der Waals surface area (Å²) in [7, 11) is 0. The predicted octanol–water partition coefficient (Wildman–Crippen LogP) is 3.66. The first kappa shape index (κ1) is 9.74. The average molecular weight is 274 g/mol. The molecular weight excluding hydrogens is 267 g/mol. The lowest BCUT2D eigenvalue weighted by Gasteiger charge is -1.99. The molecule has 14 heavy (non-hydrogen) atoms. The Labute approximate surface area is 94.0 Å². The highest BCUT2D eigenvalue weighted by molar-refractivity contribution is 9.09. The van der Waals surface area contributed by atoms with E-state index in [0.29, 0.717) is 16.2 Å². The first-order valence-electron chi connectivity index (χ1n) is 3.99. The van der Waals surface area contributed by atoms with Crippen LogP contribution in [0.4, 0.5) is 0 Å². The second-order valence-electron chi connectivity index (χ2n) is 2.82. The summed E-state index contributed by atoms with van der Waals surface area (Å²) < 4.78 is 5.23. The van der Waals surface area contributed by atoms with E-state index in [2.05, 4.69) is 15.9 Å².